The molecule has 0 aliphatic carbocycles. The highest BCUT2D eigenvalue weighted by atomic mass is 79.9. The van der Waals surface area contributed by atoms with Crippen molar-refractivity contribution in [2.45, 2.75) is 13.8 Å². The number of nitrogens with zero attached hydrogens (tertiary/aromatic N) is 2. The highest BCUT2D eigenvalue weighted by molar-refractivity contribution is 9.10. The molecule has 0 saturated carbocycles. The second-order valence-corrected chi connectivity index (χ2v) is 4.72. The lowest BCUT2D eigenvalue weighted by molar-refractivity contribution is 1.04. The molecule has 82 valence electrons. The fraction of sp³-hybridized carbons (Fsp3) is 0.182. The number of H-pyrrole nitrogens is 1. The Kier molecular flexibility index (Phi) is 3.16. The molecule has 0 saturated heterocycles. The van der Waals surface area contributed by atoms with Crippen molar-refractivity contribution in [1.29, 1.82) is 0 Å². The van der Waals surface area contributed by atoms with Gasteiger partial charge in [-0.3, -0.25) is 4.98 Å². The summed E-state index contributed by atoms with van der Waals surface area (Å²) < 4.78 is 1.51. The van der Waals surface area contributed by atoms with Crippen molar-refractivity contribution in [2.75, 3.05) is 0 Å². The molecule has 5 heteroatoms. The molecule has 0 aliphatic heterocycles. The molecule has 2 aromatic rings. The number of hydrogen-bond donors (Lipinski definition) is 1. The number of aryl methyl sites for hydroxylation is 1. The Morgan fingerprint density at radius 3 is 2.75 bits per heavy atom. The molecule has 0 unspecified atom stereocenters. The summed E-state index contributed by atoms with van der Waals surface area (Å²) in [5.74, 6) is 0.695. The molecule has 0 bridgehead atoms. The van der Waals surface area contributed by atoms with E-state index in [1.807, 2.05) is 26.0 Å². The number of aromatic amines is 1. The molecule has 0 atom stereocenters. The van der Waals surface area contributed by atoms with E-state index in [-0.39, 0.29) is 0 Å². The van der Waals surface area contributed by atoms with Gasteiger partial charge in [-0.05, 0) is 41.9 Å². The van der Waals surface area contributed by atoms with Crippen LogP contribution in [0.5, 0.6) is 0 Å². The maximum atomic E-state index is 5.20. The van der Waals surface area contributed by atoms with Gasteiger partial charge in [-0.1, -0.05) is 12.2 Å². The van der Waals surface area contributed by atoms with Crippen molar-refractivity contribution in [3.63, 3.8) is 0 Å². The average Bonchev–Trinajstić information content (AvgIpc) is 2.26. The van der Waals surface area contributed by atoms with Crippen molar-refractivity contribution < 1.29 is 0 Å². The zero-order chi connectivity index (χ0) is 11.7. The van der Waals surface area contributed by atoms with Crippen LogP contribution in [-0.2, 0) is 0 Å². The Bertz CT molecular complexity index is 592. The van der Waals surface area contributed by atoms with Gasteiger partial charge in [-0.15, -0.1) is 0 Å². The molecule has 2 rings (SSSR count). The third-order valence-electron chi connectivity index (χ3n) is 2.39. The summed E-state index contributed by atoms with van der Waals surface area (Å²) in [5, 5.41) is 0. The highest BCUT2D eigenvalue weighted by Gasteiger charge is 2.08. The van der Waals surface area contributed by atoms with Gasteiger partial charge in [0.05, 0.1) is 0 Å². The molecule has 3 nitrogen and oxygen atoms in total. The number of hydrogen-bond acceptors (Lipinski definition) is 3. The molecule has 2 aromatic heterocycles. The van der Waals surface area contributed by atoms with Crippen LogP contribution in [0.1, 0.15) is 11.3 Å². The molecule has 0 aliphatic rings. The fourth-order valence-electron chi connectivity index (χ4n) is 1.32. The van der Waals surface area contributed by atoms with E-state index >= 15 is 0 Å². The lowest BCUT2D eigenvalue weighted by atomic mass is 10.2. The van der Waals surface area contributed by atoms with Crippen molar-refractivity contribution >= 4 is 28.1 Å². The van der Waals surface area contributed by atoms with Gasteiger partial charge in [0.2, 0.25) is 0 Å². The van der Waals surface area contributed by atoms with Gasteiger partial charge < -0.3 is 4.98 Å². The van der Waals surface area contributed by atoms with Crippen LogP contribution in [0.4, 0.5) is 0 Å². The molecule has 0 fully saturated rings. The Balaban J connectivity index is 2.67. The quantitative estimate of drug-likeness (QED) is 0.818. The third kappa shape index (κ3) is 2.05. The zero-order valence-corrected chi connectivity index (χ0v) is 11.3. The molecular weight excluding hydrogens is 286 g/mol. The first-order chi connectivity index (χ1) is 7.59. The second kappa shape index (κ2) is 4.43. The largest absolute Gasteiger partial charge is 0.342 e. The third-order valence-corrected chi connectivity index (χ3v) is 3.42. The Hall–Kier alpha value is -1.07. The zero-order valence-electron chi connectivity index (χ0n) is 8.91. The van der Waals surface area contributed by atoms with Crippen LogP contribution >= 0.6 is 28.1 Å². The Labute approximate surface area is 107 Å². The van der Waals surface area contributed by atoms with E-state index in [9.17, 15) is 0 Å². The normalized spacial score (nSPS) is 10.4. The first-order valence-electron chi connectivity index (χ1n) is 4.78. The number of aromatic nitrogens is 3. The molecular formula is C11H10BrN3S. The number of pyridine rings is 1. The lowest BCUT2D eigenvalue weighted by Gasteiger charge is -2.06. The maximum Gasteiger partial charge on any atom is 0.158 e. The summed E-state index contributed by atoms with van der Waals surface area (Å²) >= 11 is 8.64. The van der Waals surface area contributed by atoms with Gasteiger partial charge in [-0.2, -0.15) is 0 Å². The average molecular weight is 296 g/mol. The number of halogens is 1. The lowest BCUT2D eigenvalue weighted by Crippen LogP contribution is -1.98. The summed E-state index contributed by atoms with van der Waals surface area (Å²) in [6.07, 6.45) is 1.73. The van der Waals surface area contributed by atoms with Gasteiger partial charge >= 0.3 is 0 Å². The standard InChI is InChI=1S/C11H10BrN3S/c1-6-7(2)14-10(15-11(6)16)9-8(12)4-3-5-13-9/h3-5H,1-2H3,(H,14,15,16). The van der Waals surface area contributed by atoms with Crippen LogP contribution in [0.3, 0.4) is 0 Å². The number of nitrogens with one attached hydrogen (secondary N) is 1. The second-order valence-electron chi connectivity index (χ2n) is 3.47. The predicted molar refractivity (Wildman–Crippen MR) is 69.8 cm³/mol. The monoisotopic (exact) mass is 295 g/mol. The first-order valence-corrected chi connectivity index (χ1v) is 5.98. The van der Waals surface area contributed by atoms with Crippen LogP contribution in [0, 0.1) is 18.5 Å². The molecule has 0 aromatic carbocycles. The maximum absolute atomic E-state index is 5.20. The van der Waals surface area contributed by atoms with Gasteiger partial charge in [0, 0.05) is 21.9 Å². The predicted octanol–water partition coefficient (Wildman–Crippen LogP) is 3.58. The minimum atomic E-state index is 0.615. The van der Waals surface area contributed by atoms with Crippen LogP contribution in [-0.4, -0.2) is 15.0 Å². The molecule has 0 radical (unpaired) electrons. The minimum absolute atomic E-state index is 0.615. The van der Waals surface area contributed by atoms with Gasteiger partial charge in [0.1, 0.15) is 10.3 Å². The minimum Gasteiger partial charge on any atom is -0.342 e. The fourth-order valence-corrected chi connectivity index (χ4v) is 2.00. The van der Waals surface area contributed by atoms with Gasteiger partial charge in [0.15, 0.2) is 5.82 Å². The summed E-state index contributed by atoms with van der Waals surface area (Å²) in [6.45, 7) is 3.94. The summed E-state index contributed by atoms with van der Waals surface area (Å²) in [4.78, 5) is 11.8. The van der Waals surface area contributed by atoms with Crippen LogP contribution < -0.4 is 0 Å². The van der Waals surface area contributed by atoms with E-state index in [2.05, 4.69) is 30.9 Å². The van der Waals surface area contributed by atoms with Gasteiger partial charge in [0.25, 0.3) is 0 Å². The summed E-state index contributed by atoms with van der Waals surface area (Å²) in [5.41, 5.74) is 2.80. The van der Waals surface area contributed by atoms with E-state index in [1.165, 1.54) is 0 Å². The van der Waals surface area contributed by atoms with Crippen molar-refractivity contribution in [3.8, 4) is 11.5 Å². The van der Waals surface area contributed by atoms with E-state index in [4.69, 9.17) is 12.2 Å². The van der Waals surface area contributed by atoms with Gasteiger partial charge in [-0.25, -0.2) is 4.98 Å². The van der Waals surface area contributed by atoms with E-state index < -0.39 is 0 Å². The Morgan fingerprint density at radius 1 is 1.38 bits per heavy atom. The van der Waals surface area contributed by atoms with E-state index in [0.29, 0.717) is 10.5 Å². The topological polar surface area (TPSA) is 41.6 Å². The van der Waals surface area contributed by atoms with Crippen molar-refractivity contribution in [2.24, 2.45) is 0 Å². The molecule has 1 N–H and O–H groups in total. The smallest absolute Gasteiger partial charge is 0.158 e. The summed E-state index contributed by atoms with van der Waals surface area (Å²) in [6, 6.07) is 3.79. The molecule has 2 heterocycles. The van der Waals surface area contributed by atoms with Crippen LogP contribution in [0.2, 0.25) is 0 Å². The SMILES string of the molecule is Cc1[nH]c(-c2ncccc2Br)nc(=S)c1C. The Morgan fingerprint density at radius 2 is 2.12 bits per heavy atom. The van der Waals surface area contributed by atoms with Crippen molar-refractivity contribution in [1.82, 2.24) is 15.0 Å². The van der Waals surface area contributed by atoms with Crippen LogP contribution in [0.15, 0.2) is 22.8 Å². The molecule has 0 spiro atoms. The van der Waals surface area contributed by atoms with Crippen LogP contribution in [0.25, 0.3) is 11.5 Å². The molecule has 16 heavy (non-hydrogen) atoms. The van der Waals surface area contributed by atoms with E-state index in [1.54, 1.807) is 6.20 Å². The highest BCUT2D eigenvalue weighted by Crippen LogP contribution is 2.23. The summed E-state index contributed by atoms with van der Waals surface area (Å²) in [7, 11) is 0. The first kappa shape index (κ1) is 11.4. The van der Waals surface area contributed by atoms with Crippen molar-refractivity contribution in [3.05, 3.63) is 38.7 Å². The van der Waals surface area contributed by atoms with E-state index in [0.717, 1.165) is 21.4 Å². The number of rotatable bonds is 1. The molecule has 0 amide bonds.